The van der Waals surface area contributed by atoms with Crippen LogP contribution in [0.4, 0.5) is 0 Å². The molecule has 0 atom stereocenters. The van der Waals surface area contributed by atoms with Crippen molar-refractivity contribution < 1.29 is 14.4 Å². The molecule has 1 aromatic rings. The molecule has 3 amide bonds. The molecular formula is C20H28N4O3. The van der Waals surface area contributed by atoms with Crippen LogP contribution in [0.3, 0.4) is 0 Å². The number of aromatic nitrogens is 1. The van der Waals surface area contributed by atoms with E-state index in [-0.39, 0.29) is 17.9 Å². The minimum Gasteiger partial charge on any atom is -0.347 e. The zero-order valence-electron chi connectivity index (χ0n) is 15.8. The van der Waals surface area contributed by atoms with Crippen molar-refractivity contribution in [3.63, 3.8) is 0 Å². The second-order valence-electron chi connectivity index (χ2n) is 8.88. The molecule has 3 N–H and O–H groups in total. The number of nitrogens with one attached hydrogen (secondary N) is 3. The lowest BCUT2D eigenvalue weighted by Crippen LogP contribution is -2.49. The smallest absolute Gasteiger partial charge is 0.286 e. The van der Waals surface area contributed by atoms with Gasteiger partial charge in [-0.15, -0.1) is 0 Å². The number of rotatable bonds is 5. The minimum absolute atomic E-state index is 0.0548. The van der Waals surface area contributed by atoms with Gasteiger partial charge < -0.3 is 9.88 Å². The van der Waals surface area contributed by atoms with Crippen molar-refractivity contribution in [1.82, 2.24) is 20.7 Å². The van der Waals surface area contributed by atoms with Crippen LogP contribution in [0.25, 0.3) is 0 Å². The average Bonchev–Trinajstić information content (AvgIpc) is 3.02. The van der Waals surface area contributed by atoms with Crippen molar-refractivity contribution in [1.29, 1.82) is 0 Å². The highest BCUT2D eigenvalue weighted by Crippen LogP contribution is 2.61. The summed E-state index contributed by atoms with van der Waals surface area (Å²) in [5, 5.41) is 2.72. The molecule has 1 heterocycles. The highest BCUT2D eigenvalue weighted by molar-refractivity contribution is 5.94. The Bertz CT molecular complexity index is 719. The van der Waals surface area contributed by atoms with E-state index in [4.69, 9.17) is 0 Å². The first-order valence-electron chi connectivity index (χ1n) is 9.90. The fourth-order valence-electron chi connectivity index (χ4n) is 6.02. The van der Waals surface area contributed by atoms with Crippen molar-refractivity contribution in [2.24, 2.45) is 30.2 Å². The molecule has 0 spiro atoms. The summed E-state index contributed by atoms with van der Waals surface area (Å²) < 4.78 is 1.66. The number of hydrazine groups is 1. The van der Waals surface area contributed by atoms with Crippen molar-refractivity contribution in [3.05, 3.63) is 24.0 Å². The molecule has 7 heteroatoms. The molecule has 4 aliphatic rings. The highest BCUT2D eigenvalue weighted by atomic mass is 16.2. The number of carbonyl (C=O) groups is 3. The van der Waals surface area contributed by atoms with E-state index in [1.54, 1.807) is 29.9 Å². The number of hydrogen-bond donors (Lipinski definition) is 3. The Morgan fingerprint density at radius 3 is 2.22 bits per heavy atom. The molecule has 146 valence electrons. The van der Waals surface area contributed by atoms with Gasteiger partial charge in [0.25, 0.3) is 11.8 Å². The van der Waals surface area contributed by atoms with Gasteiger partial charge in [-0.25, -0.2) is 0 Å². The van der Waals surface area contributed by atoms with E-state index in [0.717, 1.165) is 17.8 Å². The fraction of sp³-hybridized carbons (Fsp3) is 0.650. The van der Waals surface area contributed by atoms with Crippen LogP contribution in [0.5, 0.6) is 0 Å². The lowest BCUT2D eigenvalue weighted by molar-refractivity contribution is -0.132. The van der Waals surface area contributed by atoms with Crippen molar-refractivity contribution in [2.45, 2.75) is 44.9 Å². The van der Waals surface area contributed by atoms with E-state index in [9.17, 15) is 14.4 Å². The van der Waals surface area contributed by atoms with Gasteiger partial charge in [-0.05, 0) is 73.8 Å². The topological polar surface area (TPSA) is 92.2 Å². The van der Waals surface area contributed by atoms with Gasteiger partial charge in [0.2, 0.25) is 5.91 Å². The van der Waals surface area contributed by atoms with Gasteiger partial charge in [0, 0.05) is 19.7 Å². The summed E-state index contributed by atoms with van der Waals surface area (Å²) >= 11 is 0. The van der Waals surface area contributed by atoms with Gasteiger partial charge in [-0.3, -0.25) is 25.2 Å². The Morgan fingerprint density at radius 1 is 1.04 bits per heavy atom. The maximum atomic E-state index is 12.4. The summed E-state index contributed by atoms with van der Waals surface area (Å²) in [6, 6.07) is 3.41. The normalized spacial score (nSPS) is 30.8. The van der Waals surface area contributed by atoms with Crippen molar-refractivity contribution in [2.75, 3.05) is 6.54 Å². The molecule has 5 rings (SSSR count). The number of nitrogens with zero attached hydrogens (tertiary/aromatic N) is 1. The van der Waals surface area contributed by atoms with Gasteiger partial charge in [0.15, 0.2) is 0 Å². The molecular weight excluding hydrogens is 344 g/mol. The molecule has 4 saturated carbocycles. The second-order valence-corrected chi connectivity index (χ2v) is 8.88. The van der Waals surface area contributed by atoms with Crippen LogP contribution in [-0.4, -0.2) is 28.8 Å². The van der Waals surface area contributed by atoms with Crippen molar-refractivity contribution in [3.8, 4) is 0 Å². The first kappa shape index (κ1) is 18.1. The number of hydrogen-bond acceptors (Lipinski definition) is 3. The quantitative estimate of drug-likeness (QED) is 0.684. The Labute approximate surface area is 159 Å². The number of amides is 3. The average molecular weight is 372 g/mol. The van der Waals surface area contributed by atoms with E-state index in [2.05, 4.69) is 16.2 Å². The Morgan fingerprint density at radius 2 is 1.67 bits per heavy atom. The van der Waals surface area contributed by atoms with Crippen LogP contribution >= 0.6 is 0 Å². The zero-order chi connectivity index (χ0) is 19.0. The van der Waals surface area contributed by atoms with Crippen LogP contribution in [-0.2, 0) is 16.6 Å². The van der Waals surface area contributed by atoms with E-state index in [0.29, 0.717) is 12.1 Å². The Hall–Kier alpha value is -2.31. The molecule has 4 bridgehead atoms. The van der Waals surface area contributed by atoms with Gasteiger partial charge in [-0.2, -0.15) is 0 Å². The van der Waals surface area contributed by atoms with Crippen LogP contribution < -0.4 is 16.2 Å². The monoisotopic (exact) mass is 372 g/mol. The highest BCUT2D eigenvalue weighted by Gasteiger charge is 2.51. The third-order valence-corrected chi connectivity index (χ3v) is 6.64. The first-order valence-corrected chi connectivity index (χ1v) is 9.90. The third kappa shape index (κ3) is 3.87. The molecule has 0 aromatic carbocycles. The Kier molecular flexibility index (Phi) is 4.70. The predicted octanol–water partition coefficient (Wildman–Crippen LogP) is 1.51. The molecule has 0 aliphatic heterocycles. The summed E-state index contributed by atoms with van der Waals surface area (Å²) in [6.45, 7) is -0.126. The molecule has 4 aliphatic carbocycles. The van der Waals surface area contributed by atoms with Crippen LogP contribution in [0.2, 0.25) is 0 Å². The van der Waals surface area contributed by atoms with E-state index in [1.165, 1.54) is 38.5 Å². The lowest BCUT2D eigenvalue weighted by Gasteiger charge is -2.56. The standard InChI is InChI=1S/C20H28N4O3/c1-24-4-2-3-16(24)19(27)23-22-18(26)12-21-17(25)11-20-8-13-5-14(9-20)7-15(6-13)10-20/h2-4,13-15H,5-12H2,1H3,(H,21,25)(H,22,26)(H,23,27). The van der Waals surface area contributed by atoms with Gasteiger partial charge in [-0.1, -0.05) is 0 Å². The summed E-state index contributed by atoms with van der Waals surface area (Å²) in [5.74, 6) is 1.54. The molecule has 4 fully saturated rings. The summed E-state index contributed by atoms with van der Waals surface area (Å²) in [5.41, 5.74) is 5.32. The molecule has 1 aromatic heterocycles. The van der Waals surface area contributed by atoms with Crippen LogP contribution in [0.1, 0.15) is 55.4 Å². The molecule has 0 radical (unpaired) electrons. The maximum Gasteiger partial charge on any atom is 0.286 e. The lowest BCUT2D eigenvalue weighted by atomic mass is 9.49. The largest absolute Gasteiger partial charge is 0.347 e. The summed E-state index contributed by atoms with van der Waals surface area (Å²) in [6.07, 6.45) is 9.85. The number of carbonyl (C=O) groups excluding carboxylic acids is 3. The first-order chi connectivity index (χ1) is 12.9. The second kappa shape index (κ2) is 7.02. The molecule has 0 unspecified atom stereocenters. The van der Waals surface area contributed by atoms with E-state index >= 15 is 0 Å². The van der Waals surface area contributed by atoms with Gasteiger partial charge in [0.1, 0.15) is 5.69 Å². The SMILES string of the molecule is Cn1cccc1C(=O)NNC(=O)CNC(=O)CC12CC3CC(CC(C3)C1)C2. The minimum atomic E-state index is -0.434. The molecule has 7 nitrogen and oxygen atoms in total. The molecule has 27 heavy (non-hydrogen) atoms. The van der Waals surface area contributed by atoms with Crippen LogP contribution in [0, 0.1) is 23.2 Å². The van der Waals surface area contributed by atoms with Gasteiger partial charge >= 0.3 is 0 Å². The summed E-state index contributed by atoms with van der Waals surface area (Å²) in [7, 11) is 1.75. The predicted molar refractivity (Wildman–Crippen MR) is 99.3 cm³/mol. The third-order valence-electron chi connectivity index (χ3n) is 6.64. The zero-order valence-corrected chi connectivity index (χ0v) is 15.8. The maximum absolute atomic E-state index is 12.4. The number of aryl methyl sites for hydroxylation is 1. The van der Waals surface area contributed by atoms with E-state index in [1.807, 2.05) is 0 Å². The van der Waals surface area contributed by atoms with Crippen molar-refractivity contribution >= 4 is 17.7 Å². The fourth-order valence-corrected chi connectivity index (χ4v) is 6.02. The van der Waals surface area contributed by atoms with Gasteiger partial charge in [0.05, 0.1) is 6.54 Å². The summed E-state index contributed by atoms with van der Waals surface area (Å²) in [4.78, 5) is 36.3. The Balaban J connectivity index is 1.21. The molecule has 0 saturated heterocycles. The van der Waals surface area contributed by atoms with Crippen LogP contribution in [0.15, 0.2) is 18.3 Å². The van der Waals surface area contributed by atoms with E-state index < -0.39 is 11.8 Å².